The molecule has 0 fully saturated rings. The van der Waals surface area contributed by atoms with Crippen LogP contribution in [0.2, 0.25) is 5.02 Å². The monoisotopic (exact) mass is 398 g/mol. The lowest BCUT2D eigenvalue weighted by Gasteiger charge is -1.99. The quantitative estimate of drug-likeness (QED) is 0.556. The molecular weight excluding hydrogens is 395 g/mol. The average Bonchev–Trinajstić information content (AvgIpc) is 3.14. The summed E-state index contributed by atoms with van der Waals surface area (Å²) in [4.78, 5) is 0.556. The molecular formula is C12H5BrClFN6S. The van der Waals surface area contributed by atoms with Gasteiger partial charge in [0.15, 0.2) is 10.8 Å². The minimum atomic E-state index is -0.473. The van der Waals surface area contributed by atoms with E-state index in [0.29, 0.717) is 20.8 Å². The minimum absolute atomic E-state index is 0.289. The fourth-order valence-electron chi connectivity index (χ4n) is 1.98. The van der Waals surface area contributed by atoms with Crippen LogP contribution in [0.25, 0.3) is 27.1 Å². The molecule has 0 amide bonds. The molecule has 110 valence electrons. The molecule has 10 heteroatoms. The molecule has 0 saturated carbocycles. The molecule has 1 aromatic carbocycles. The van der Waals surface area contributed by atoms with Gasteiger partial charge in [-0.15, -0.1) is 10.2 Å². The first-order valence-corrected chi connectivity index (χ1v) is 7.99. The summed E-state index contributed by atoms with van der Waals surface area (Å²) in [5.74, 6) is -0.152. The van der Waals surface area contributed by atoms with Crippen molar-refractivity contribution in [1.82, 2.24) is 30.0 Å². The lowest BCUT2D eigenvalue weighted by Crippen LogP contribution is -1.94. The number of rotatable bonds is 2. The van der Waals surface area contributed by atoms with Gasteiger partial charge >= 0.3 is 0 Å². The highest BCUT2D eigenvalue weighted by atomic mass is 79.9. The van der Waals surface area contributed by atoms with E-state index in [1.54, 1.807) is 18.3 Å². The van der Waals surface area contributed by atoms with Crippen molar-refractivity contribution in [3.05, 3.63) is 39.7 Å². The molecule has 4 rings (SSSR count). The van der Waals surface area contributed by atoms with Gasteiger partial charge in [0.2, 0.25) is 4.96 Å². The molecule has 22 heavy (non-hydrogen) atoms. The van der Waals surface area contributed by atoms with Gasteiger partial charge in [0, 0.05) is 5.02 Å². The lowest BCUT2D eigenvalue weighted by atomic mass is 10.2. The molecule has 6 nitrogen and oxygen atoms in total. The summed E-state index contributed by atoms with van der Waals surface area (Å²) in [5.41, 5.74) is 1.02. The molecule has 4 aromatic rings. The maximum absolute atomic E-state index is 14.1. The maximum atomic E-state index is 14.1. The van der Waals surface area contributed by atoms with E-state index in [4.69, 9.17) is 11.6 Å². The van der Waals surface area contributed by atoms with E-state index < -0.39 is 5.82 Å². The van der Waals surface area contributed by atoms with Crippen LogP contribution in [0.15, 0.2) is 28.9 Å². The molecule has 3 heterocycles. The van der Waals surface area contributed by atoms with E-state index >= 15 is 0 Å². The van der Waals surface area contributed by atoms with Gasteiger partial charge in [0.1, 0.15) is 11.5 Å². The number of nitrogens with one attached hydrogen (secondary N) is 1. The van der Waals surface area contributed by atoms with E-state index in [-0.39, 0.29) is 5.56 Å². The zero-order valence-corrected chi connectivity index (χ0v) is 13.7. The molecule has 3 aromatic heterocycles. The van der Waals surface area contributed by atoms with Crippen LogP contribution in [-0.2, 0) is 0 Å². The zero-order chi connectivity index (χ0) is 15.3. The third-order valence-electron chi connectivity index (χ3n) is 2.97. The number of aromatic amines is 1. The molecule has 0 aliphatic heterocycles. The van der Waals surface area contributed by atoms with Gasteiger partial charge in [-0.05, 0) is 34.1 Å². The van der Waals surface area contributed by atoms with Gasteiger partial charge in [0.25, 0.3) is 0 Å². The van der Waals surface area contributed by atoms with Crippen LogP contribution in [0.5, 0.6) is 0 Å². The van der Waals surface area contributed by atoms with E-state index in [1.165, 1.54) is 21.9 Å². The van der Waals surface area contributed by atoms with Gasteiger partial charge in [0.05, 0.1) is 16.2 Å². The maximum Gasteiger partial charge on any atom is 0.235 e. The second kappa shape index (κ2) is 5.11. The first kappa shape index (κ1) is 13.8. The Bertz CT molecular complexity index is 993. The number of H-pyrrole nitrogens is 1. The predicted octanol–water partition coefficient (Wildman–Crippen LogP) is 3.80. The van der Waals surface area contributed by atoms with Crippen molar-refractivity contribution in [2.75, 3.05) is 0 Å². The normalized spacial score (nSPS) is 11.4. The van der Waals surface area contributed by atoms with Crippen molar-refractivity contribution in [3.63, 3.8) is 0 Å². The number of aromatic nitrogens is 6. The zero-order valence-electron chi connectivity index (χ0n) is 10.6. The number of nitrogens with zero attached hydrogens (tertiary/aromatic N) is 5. The summed E-state index contributed by atoms with van der Waals surface area (Å²) in [6.45, 7) is 0. The molecule has 0 bridgehead atoms. The van der Waals surface area contributed by atoms with Crippen molar-refractivity contribution in [1.29, 1.82) is 0 Å². The van der Waals surface area contributed by atoms with E-state index in [1.807, 2.05) is 0 Å². The fraction of sp³-hybridized carbons (Fsp3) is 0. The summed E-state index contributed by atoms with van der Waals surface area (Å²) < 4.78 is 16.4. The summed E-state index contributed by atoms with van der Waals surface area (Å²) >= 11 is 10.5. The van der Waals surface area contributed by atoms with Crippen molar-refractivity contribution < 1.29 is 4.39 Å². The number of halogens is 3. The van der Waals surface area contributed by atoms with Gasteiger partial charge in [-0.1, -0.05) is 22.9 Å². The predicted molar refractivity (Wildman–Crippen MR) is 84.3 cm³/mol. The Hall–Kier alpha value is -1.84. The molecule has 0 radical (unpaired) electrons. The van der Waals surface area contributed by atoms with Crippen molar-refractivity contribution in [3.8, 4) is 22.1 Å². The number of fused-ring (bicyclic) bond motifs is 1. The van der Waals surface area contributed by atoms with E-state index in [2.05, 4.69) is 41.4 Å². The van der Waals surface area contributed by atoms with E-state index in [0.717, 1.165) is 10.2 Å². The van der Waals surface area contributed by atoms with E-state index in [9.17, 15) is 4.39 Å². The Morgan fingerprint density at radius 3 is 2.91 bits per heavy atom. The molecule has 1 N–H and O–H groups in total. The van der Waals surface area contributed by atoms with Gasteiger partial charge in [-0.25, -0.2) is 4.39 Å². The first-order valence-electron chi connectivity index (χ1n) is 6.00. The highest BCUT2D eigenvalue weighted by Crippen LogP contribution is 2.31. The largest absolute Gasteiger partial charge is 0.274 e. The number of hydrogen-bond donors (Lipinski definition) is 1. The first-order chi connectivity index (χ1) is 10.6. The fourth-order valence-corrected chi connectivity index (χ4v) is 3.50. The second-order valence-corrected chi connectivity index (χ2v) is 6.59. The Morgan fingerprint density at radius 1 is 1.32 bits per heavy atom. The van der Waals surface area contributed by atoms with Crippen LogP contribution in [0.4, 0.5) is 4.39 Å². The Balaban J connectivity index is 1.89. The molecule has 0 atom stereocenters. The minimum Gasteiger partial charge on any atom is -0.274 e. The van der Waals surface area contributed by atoms with Crippen LogP contribution < -0.4 is 0 Å². The number of benzene rings is 1. The van der Waals surface area contributed by atoms with Gasteiger partial charge in [-0.2, -0.15) is 14.7 Å². The van der Waals surface area contributed by atoms with Crippen molar-refractivity contribution >= 4 is 43.8 Å². The van der Waals surface area contributed by atoms with Crippen LogP contribution in [-0.4, -0.2) is 30.0 Å². The van der Waals surface area contributed by atoms with Crippen LogP contribution in [0.1, 0.15) is 0 Å². The highest BCUT2D eigenvalue weighted by molar-refractivity contribution is 9.10. The Labute approximate surface area is 140 Å². The summed E-state index contributed by atoms with van der Waals surface area (Å²) in [7, 11) is 0. The van der Waals surface area contributed by atoms with Crippen molar-refractivity contribution in [2.24, 2.45) is 0 Å². The summed E-state index contributed by atoms with van der Waals surface area (Å²) in [6, 6.07) is 4.38. The highest BCUT2D eigenvalue weighted by Gasteiger charge is 2.18. The summed E-state index contributed by atoms with van der Waals surface area (Å²) in [5, 5.41) is 20.2. The van der Waals surface area contributed by atoms with Crippen LogP contribution in [0.3, 0.4) is 0 Å². The lowest BCUT2D eigenvalue weighted by molar-refractivity contribution is 0.629. The van der Waals surface area contributed by atoms with Crippen LogP contribution in [0, 0.1) is 5.82 Å². The molecule has 0 saturated heterocycles. The third kappa shape index (κ3) is 2.13. The van der Waals surface area contributed by atoms with Gasteiger partial charge < -0.3 is 0 Å². The Morgan fingerprint density at radius 2 is 2.18 bits per heavy atom. The topological polar surface area (TPSA) is 71.8 Å². The van der Waals surface area contributed by atoms with Crippen molar-refractivity contribution in [2.45, 2.75) is 0 Å². The third-order valence-corrected chi connectivity index (χ3v) is 4.72. The Kier molecular flexibility index (Phi) is 3.21. The second-order valence-electron chi connectivity index (χ2n) is 4.34. The smallest absolute Gasteiger partial charge is 0.235 e. The molecule has 0 unspecified atom stereocenters. The molecule has 0 aliphatic carbocycles. The van der Waals surface area contributed by atoms with Gasteiger partial charge in [-0.3, -0.25) is 5.10 Å². The summed E-state index contributed by atoms with van der Waals surface area (Å²) in [6.07, 6.45) is 1.64. The molecule has 0 aliphatic rings. The molecule has 0 spiro atoms. The van der Waals surface area contributed by atoms with Crippen LogP contribution >= 0.6 is 38.9 Å². The average molecular weight is 400 g/mol. The number of hydrogen-bond acceptors (Lipinski definition) is 5. The standard InChI is InChI=1S/C12H5BrClFN6S/c13-7-4-16-17-9(7)11-20-21-10(18-19-12(21)22-11)6-2-1-5(14)3-8(6)15/h1-4H,(H,16,17). The SMILES string of the molecule is Fc1cc(Cl)ccc1-c1nnc2sc(-c3[nH]ncc3Br)nn12.